The van der Waals surface area contributed by atoms with Gasteiger partial charge in [0.25, 0.3) is 5.97 Å². The summed E-state index contributed by atoms with van der Waals surface area (Å²) in [7, 11) is 0. The van der Waals surface area contributed by atoms with Crippen LogP contribution in [0.15, 0.2) is 28.7 Å². The Hall–Kier alpha value is -2.90. The molecule has 0 amide bonds. The summed E-state index contributed by atoms with van der Waals surface area (Å²) in [5.41, 5.74) is 2.24. The lowest BCUT2D eigenvalue weighted by atomic mass is 9.49. The summed E-state index contributed by atoms with van der Waals surface area (Å²) in [6, 6.07) is 8.02. The number of carboxylic acid groups (broad SMARTS) is 1. The van der Waals surface area contributed by atoms with Crippen molar-refractivity contribution in [3.05, 3.63) is 30.2 Å². The van der Waals surface area contributed by atoms with Gasteiger partial charge in [-0.05, 0) is 109 Å². The van der Waals surface area contributed by atoms with Crippen molar-refractivity contribution in [2.45, 2.75) is 105 Å². The molecule has 1 aromatic carbocycles. The number of esters is 2. The molecule has 0 spiro atoms. The fraction of sp³-hybridized carbons (Fsp3) is 0.722. The van der Waals surface area contributed by atoms with Crippen LogP contribution in [0.1, 0.15) is 92.4 Å². The van der Waals surface area contributed by atoms with E-state index in [1.165, 1.54) is 19.3 Å². The number of hydrogen-bond donors (Lipinski definition) is 1. The minimum atomic E-state index is -0.833. The van der Waals surface area contributed by atoms with Crippen LogP contribution in [-0.2, 0) is 30.3 Å². The number of para-hydroxylation sites is 2. The molecule has 0 aliphatic heterocycles. The van der Waals surface area contributed by atoms with Crippen molar-refractivity contribution in [3.8, 4) is 0 Å². The fourth-order valence-electron chi connectivity index (χ4n) is 11.8. The molecule has 5 fully saturated rings. The van der Waals surface area contributed by atoms with Crippen LogP contribution < -0.4 is 0 Å². The third-order valence-corrected chi connectivity index (χ3v) is 13.1. The highest BCUT2D eigenvalue weighted by Gasteiger charge is 2.74. The van der Waals surface area contributed by atoms with Crippen molar-refractivity contribution >= 4 is 29.0 Å². The van der Waals surface area contributed by atoms with E-state index in [1.807, 2.05) is 24.3 Å². The quantitative estimate of drug-likeness (QED) is 0.346. The summed E-state index contributed by atoms with van der Waals surface area (Å²) in [5.74, 6) is 4.07. The number of carbonyl (C=O) groups excluding carboxylic acids is 2. The monoisotopic (exact) mass is 607 g/mol. The third kappa shape index (κ3) is 5.04. The maximum absolute atomic E-state index is 12.4. The molecule has 5 aliphatic rings. The first-order chi connectivity index (χ1) is 20.8. The second-order valence-electron chi connectivity index (χ2n) is 15.0. The Balaban J connectivity index is 0.000000810. The second-order valence-corrected chi connectivity index (χ2v) is 15.0. The van der Waals surface area contributed by atoms with Crippen LogP contribution in [0.5, 0.6) is 0 Å². The first-order valence-corrected chi connectivity index (χ1v) is 16.7. The van der Waals surface area contributed by atoms with Gasteiger partial charge in [0.05, 0.1) is 0 Å². The summed E-state index contributed by atoms with van der Waals surface area (Å²) in [4.78, 5) is 38.2. The molecule has 8 nitrogen and oxygen atoms in total. The van der Waals surface area contributed by atoms with Gasteiger partial charge in [-0.2, -0.15) is 0 Å². The maximum Gasteiger partial charge on any atom is 0.302 e. The lowest BCUT2D eigenvalue weighted by molar-refractivity contribution is -0.180. The molecule has 12 atom stereocenters. The van der Waals surface area contributed by atoms with Gasteiger partial charge in [-0.1, -0.05) is 32.9 Å². The van der Waals surface area contributed by atoms with Gasteiger partial charge in [-0.15, -0.1) is 0 Å². The van der Waals surface area contributed by atoms with Gasteiger partial charge in [-0.3, -0.25) is 14.4 Å². The molecule has 7 rings (SSSR count). The average Bonchev–Trinajstić information content (AvgIpc) is 3.59. The molecule has 1 N–H and O–H groups in total. The number of carboxylic acids is 1. The Kier molecular flexibility index (Phi) is 8.11. The molecule has 4 bridgehead atoms. The van der Waals surface area contributed by atoms with E-state index >= 15 is 0 Å². The summed E-state index contributed by atoms with van der Waals surface area (Å²) < 4.78 is 18.2. The number of rotatable bonds is 6. The lowest BCUT2D eigenvalue weighted by Crippen LogP contribution is -2.56. The number of nitrogens with zero attached hydrogens (tertiary/aromatic N) is 1. The highest BCUT2D eigenvalue weighted by Crippen LogP contribution is 2.78. The standard InChI is InChI=1S/C34H45NO5.C2H4O2/c1-18(10-13-31-35-28-8-6-7-9-29(28)40-31)23-11-12-24-32-27-17-26(34(23,24)5)25-16-22(38-19(2)36)14-21(33(25,27)4)15-30(32)39-20(3)37;1-2(3)4/h6-9,18,21-27,30,32H,10-17H2,1-5H3;1H3,(H,3,4). The number of hydrogen-bond acceptors (Lipinski definition) is 7. The van der Waals surface area contributed by atoms with Crippen LogP contribution in [0.3, 0.4) is 0 Å². The van der Waals surface area contributed by atoms with E-state index in [0.717, 1.165) is 56.0 Å². The molecule has 5 saturated carbocycles. The summed E-state index contributed by atoms with van der Waals surface area (Å²) in [5, 5.41) is 7.42. The van der Waals surface area contributed by atoms with Crippen LogP contribution in [0.25, 0.3) is 11.1 Å². The third-order valence-electron chi connectivity index (χ3n) is 13.1. The summed E-state index contributed by atoms with van der Waals surface area (Å²) >= 11 is 0. The van der Waals surface area contributed by atoms with E-state index in [0.29, 0.717) is 47.3 Å². The largest absolute Gasteiger partial charge is 0.481 e. The lowest BCUT2D eigenvalue weighted by Gasteiger charge is -2.57. The van der Waals surface area contributed by atoms with Gasteiger partial charge in [0.15, 0.2) is 11.5 Å². The van der Waals surface area contributed by atoms with E-state index in [1.54, 1.807) is 13.8 Å². The number of carbonyl (C=O) groups is 3. The topological polar surface area (TPSA) is 116 Å². The van der Waals surface area contributed by atoms with Crippen molar-refractivity contribution in [2.75, 3.05) is 0 Å². The number of benzene rings is 1. The highest BCUT2D eigenvalue weighted by atomic mass is 16.5. The van der Waals surface area contributed by atoms with E-state index in [2.05, 4.69) is 20.8 Å². The molecule has 0 radical (unpaired) electrons. The number of ether oxygens (including phenoxy) is 2. The summed E-state index contributed by atoms with van der Waals surface area (Å²) in [6.45, 7) is 11.8. The van der Waals surface area contributed by atoms with Gasteiger partial charge in [-0.25, -0.2) is 4.98 Å². The number of aliphatic carboxylic acids is 1. The van der Waals surface area contributed by atoms with E-state index in [4.69, 9.17) is 28.8 Å². The zero-order valence-electron chi connectivity index (χ0n) is 27.1. The molecule has 2 aromatic rings. The van der Waals surface area contributed by atoms with Crippen molar-refractivity contribution in [3.63, 3.8) is 0 Å². The number of oxazole rings is 1. The molecule has 240 valence electrons. The van der Waals surface area contributed by atoms with Crippen molar-refractivity contribution in [1.29, 1.82) is 0 Å². The Bertz CT molecular complexity index is 1380. The average molecular weight is 608 g/mol. The minimum Gasteiger partial charge on any atom is -0.481 e. The summed E-state index contributed by atoms with van der Waals surface area (Å²) in [6.07, 6.45) is 8.40. The SMILES string of the molecule is CC(=O)O.CC(=O)OC1CC2CC(OC(C)=O)C3C4CC(C(C1)C24C)C1(C)C(C(C)CCc2nc4ccccc4o2)CCC31. The van der Waals surface area contributed by atoms with Gasteiger partial charge in [0.2, 0.25) is 0 Å². The fourth-order valence-corrected chi connectivity index (χ4v) is 11.8. The first-order valence-electron chi connectivity index (χ1n) is 16.7. The van der Waals surface area contributed by atoms with Crippen molar-refractivity contribution in [2.24, 2.45) is 58.2 Å². The van der Waals surface area contributed by atoms with E-state index in [9.17, 15) is 9.59 Å². The molecule has 1 aromatic heterocycles. The molecule has 44 heavy (non-hydrogen) atoms. The predicted octanol–water partition coefficient (Wildman–Crippen LogP) is 7.09. The Morgan fingerprint density at radius 1 is 0.932 bits per heavy atom. The molecule has 12 unspecified atom stereocenters. The van der Waals surface area contributed by atoms with Crippen LogP contribution >= 0.6 is 0 Å². The Morgan fingerprint density at radius 3 is 2.30 bits per heavy atom. The van der Waals surface area contributed by atoms with Crippen molar-refractivity contribution < 1.29 is 33.4 Å². The number of fused-ring (bicyclic) bond motifs is 4. The smallest absolute Gasteiger partial charge is 0.302 e. The molecular formula is C36H49NO7. The first kappa shape index (κ1) is 31.1. The van der Waals surface area contributed by atoms with Crippen LogP contribution in [0.4, 0.5) is 0 Å². The Labute approximate surface area is 260 Å². The highest BCUT2D eigenvalue weighted by molar-refractivity contribution is 5.72. The van der Waals surface area contributed by atoms with Crippen molar-refractivity contribution in [1.82, 2.24) is 4.98 Å². The molecular weight excluding hydrogens is 558 g/mol. The Morgan fingerprint density at radius 2 is 1.61 bits per heavy atom. The molecule has 5 aliphatic carbocycles. The van der Waals surface area contributed by atoms with Crippen LogP contribution in [-0.4, -0.2) is 40.2 Å². The predicted molar refractivity (Wildman–Crippen MR) is 164 cm³/mol. The molecule has 1 heterocycles. The van der Waals surface area contributed by atoms with Gasteiger partial charge in [0.1, 0.15) is 17.7 Å². The van der Waals surface area contributed by atoms with Gasteiger partial charge < -0.3 is 19.0 Å². The number of aryl methyl sites for hydroxylation is 1. The van der Waals surface area contributed by atoms with E-state index < -0.39 is 5.97 Å². The zero-order valence-corrected chi connectivity index (χ0v) is 27.1. The van der Waals surface area contributed by atoms with Crippen LogP contribution in [0, 0.1) is 58.2 Å². The number of aromatic nitrogens is 1. The zero-order chi connectivity index (χ0) is 31.6. The maximum atomic E-state index is 12.4. The molecule has 8 heteroatoms. The van der Waals surface area contributed by atoms with Gasteiger partial charge >= 0.3 is 11.9 Å². The van der Waals surface area contributed by atoms with Gasteiger partial charge in [0, 0.05) is 33.1 Å². The molecule has 0 saturated heterocycles. The second kappa shape index (κ2) is 11.5. The van der Waals surface area contributed by atoms with E-state index in [-0.39, 0.29) is 35.0 Å². The van der Waals surface area contributed by atoms with Crippen LogP contribution in [0.2, 0.25) is 0 Å². The minimum absolute atomic E-state index is 0.0190. The normalized spacial score (nSPS) is 40.4.